The predicted octanol–water partition coefficient (Wildman–Crippen LogP) is 2.65. The zero-order valence-corrected chi connectivity index (χ0v) is 15.4. The van der Waals surface area contributed by atoms with Gasteiger partial charge in [-0.1, -0.05) is 23.7 Å². The zero-order valence-electron chi connectivity index (χ0n) is 14.7. The molecule has 138 valence electrons. The number of H-pyrrole nitrogens is 1. The van der Waals surface area contributed by atoms with Crippen molar-refractivity contribution in [3.8, 4) is 0 Å². The van der Waals surface area contributed by atoms with Gasteiger partial charge in [-0.25, -0.2) is 4.79 Å². The lowest BCUT2D eigenvalue weighted by Gasteiger charge is -2.07. The fourth-order valence-electron chi connectivity index (χ4n) is 3.37. The Balaban J connectivity index is 1.54. The van der Waals surface area contributed by atoms with Crippen LogP contribution in [0.1, 0.15) is 35.2 Å². The molecule has 0 unspecified atom stereocenters. The van der Waals surface area contributed by atoms with Crippen LogP contribution in [0.5, 0.6) is 0 Å². The number of aromatic amines is 1. The number of nitrogens with one attached hydrogen (secondary N) is 2. The lowest BCUT2D eigenvalue weighted by atomic mass is 10.1. The lowest BCUT2D eigenvalue weighted by molar-refractivity contribution is 0.0950. The fourth-order valence-corrected chi connectivity index (χ4v) is 3.49. The largest absolute Gasteiger partial charge is 0.349 e. The molecule has 1 fully saturated rings. The van der Waals surface area contributed by atoms with Gasteiger partial charge in [0.05, 0.1) is 10.9 Å². The Hall–Kier alpha value is -2.86. The third-order valence-corrected chi connectivity index (χ3v) is 5.22. The molecule has 2 atom stereocenters. The number of amides is 1. The number of rotatable bonds is 4. The van der Waals surface area contributed by atoms with E-state index in [1.165, 1.54) is 0 Å². The summed E-state index contributed by atoms with van der Waals surface area (Å²) < 4.78 is 1.13. The molecule has 3 aromatic rings. The molecule has 1 aliphatic carbocycles. The van der Waals surface area contributed by atoms with Crippen LogP contribution in [0.25, 0.3) is 10.9 Å². The molecule has 1 aliphatic rings. The molecule has 2 N–H and O–H groups in total. The highest BCUT2D eigenvalue weighted by atomic mass is 35.5. The summed E-state index contributed by atoms with van der Waals surface area (Å²) in [5, 5.41) is 4.08. The molecule has 1 aromatic heterocycles. The second-order valence-electron chi connectivity index (χ2n) is 6.71. The van der Waals surface area contributed by atoms with Crippen molar-refractivity contribution in [3.63, 3.8) is 0 Å². The molecule has 1 amide bonds. The lowest BCUT2D eigenvalue weighted by Crippen LogP contribution is -2.34. The van der Waals surface area contributed by atoms with Gasteiger partial charge in [-0.15, -0.1) is 0 Å². The molecule has 0 radical (unpaired) electrons. The number of halogens is 1. The van der Waals surface area contributed by atoms with Crippen LogP contribution in [0.15, 0.2) is 52.1 Å². The number of carbonyl (C=O) groups excluding carboxylic acids is 1. The van der Waals surface area contributed by atoms with E-state index in [0.29, 0.717) is 28.0 Å². The number of benzene rings is 2. The highest BCUT2D eigenvalue weighted by Gasteiger charge is 2.39. The summed E-state index contributed by atoms with van der Waals surface area (Å²) in [5.41, 5.74) is 1.10. The molecule has 4 rings (SSSR count). The Bertz CT molecular complexity index is 1150. The molecule has 6 nitrogen and oxygen atoms in total. The average Bonchev–Trinajstić information content (AvgIpc) is 3.41. The van der Waals surface area contributed by atoms with Crippen LogP contribution in [0.2, 0.25) is 5.02 Å². The third-order valence-electron chi connectivity index (χ3n) is 4.97. The van der Waals surface area contributed by atoms with Crippen molar-refractivity contribution in [3.05, 3.63) is 79.5 Å². The van der Waals surface area contributed by atoms with Gasteiger partial charge in [0.2, 0.25) is 0 Å². The standard InChI is InChI=1S/C20H18ClN3O3/c1-2-24-19(26)14-8-5-12(9-16(14)23-20(24)27)18(25)22-17-10-15(17)11-3-6-13(21)7-4-11/h3-9,15,17H,2,10H2,1H3,(H,22,25)(H,23,27)/t15-,17+/m0/s1. The Labute approximate surface area is 159 Å². The Morgan fingerprint density at radius 3 is 2.67 bits per heavy atom. The highest BCUT2D eigenvalue weighted by molar-refractivity contribution is 6.30. The first-order valence-corrected chi connectivity index (χ1v) is 9.19. The Morgan fingerprint density at radius 1 is 1.22 bits per heavy atom. The maximum Gasteiger partial charge on any atom is 0.328 e. The van der Waals surface area contributed by atoms with E-state index in [0.717, 1.165) is 16.6 Å². The van der Waals surface area contributed by atoms with E-state index in [2.05, 4.69) is 10.3 Å². The van der Waals surface area contributed by atoms with Crippen LogP contribution >= 0.6 is 11.6 Å². The number of carbonyl (C=O) groups is 1. The molecule has 27 heavy (non-hydrogen) atoms. The summed E-state index contributed by atoms with van der Waals surface area (Å²) in [6, 6.07) is 12.4. The molecule has 1 heterocycles. The van der Waals surface area contributed by atoms with Crippen LogP contribution in [0.3, 0.4) is 0 Å². The monoisotopic (exact) mass is 383 g/mol. The van der Waals surface area contributed by atoms with Gasteiger partial charge in [-0.2, -0.15) is 0 Å². The van der Waals surface area contributed by atoms with Crippen molar-refractivity contribution in [2.75, 3.05) is 0 Å². The van der Waals surface area contributed by atoms with E-state index in [9.17, 15) is 14.4 Å². The molecular weight excluding hydrogens is 366 g/mol. The smallest absolute Gasteiger partial charge is 0.328 e. The minimum atomic E-state index is -0.474. The van der Waals surface area contributed by atoms with Gasteiger partial charge in [0, 0.05) is 29.1 Å². The summed E-state index contributed by atoms with van der Waals surface area (Å²) in [7, 11) is 0. The highest BCUT2D eigenvalue weighted by Crippen LogP contribution is 2.41. The third kappa shape index (κ3) is 3.28. The average molecular weight is 384 g/mol. The molecular formula is C20H18ClN3O3. The van der Waals surface area contributed by atoms with Crippen LogP contribution < -0.4 is 16.6 Å². The van der Waals surface area contributed by atoms with Crippen LogP contribution in [-0.4, -0.2) is 21.5 Å². The second kappa shape index (κ2) is 6.70. The van der Waals surface area contributed by atoms with E-state index < -0.39 is 5.69 Å². The van der Waals surface area contributed by atoms with Crippen LogP contribution in [0, 0.1) is 0 Å². The predicted molar refractivity (Wildman–Crippen MR) is 105 cm³/mol. The number of hydrogen-bond acceptors (Lipinski definition) is 3. The van der Waals surface area contributed by atoms with Crippen molar-refractivity contribution in [1.82, 2.24) is 14.9 Å². The molecule has 1 saturated carbocycles. The summed E-state index contributed by atoms with van der Waals surface area (Å²) in [4.78, 5) is 39.5. The fraction of sp³-hybridized carbons (Fsp3) is 0.250. The maximum absolute atomic E-state index is 12.6. The number of aromatic nitrogens is 2. The molecule has 0 bridgehead atoms. The van der Waals surface area contributed by atoms with Gasteiger partial charge in [-0.05, 0) is 49.2 Å². The normalized spacial score (nSPS) is 18.4. The van der Waals surface area contributed by atoms with Crippen molar-refractivity contribution < 1.29 is 4.79 Å². The Morgan fingerprint density at radius 2 is 1.96 bits per heavy atom. The minimum Gasteiger partial charge on any atom is -0.349 e. The zero-order chi connectivity index (χ0) is 19.1. The first kappa shape index (κ1) is 17.5. The summed E-state index contributed by atoms with van der Waals surface area (Å²) >= 11 is 5.91. The van der Waals surface area contributed by atoms with Gasteiger partial charge in [0.15, 0.2) is 0 Å². The molecule has 0 saturated heterocycles. The molecule has 2 aromatic carbocycles. The SMILES string of the molecule is CCn1c(=O)[nH]c2cc(C(=O)N[C@@H]3C[C@H]3c3ccc(Cl)cc3)ccc2c1=O. The molecule has 7 heteroatoms. The van der Waals surface area contributed by atoms with Crippen molar-refractivity contribution in [2.24, 2.45) is 0 Å². The first-order valence-electron chi connectivity index (χ1n) is 8.81. The van der Waals surface area contributed by atoms with Gasteiger partial charge < -0.3 is 10.3 Å². The summed E-state index contributed by atoms with van der Waals surface area (Å²) in [5.74, 6) is 0.0575. The first-order chi connectivity index (χ1) is 13.0. The number of fused-ring (bicyclic) bond motifs is 1. The van der Waals surface area contributed by atoms with Gasteiger partial charge >= 0.3 is 5.69 Å². The van der Waals surface area contributed by atoms with E-state index >= 15 is 0 Å². The minimum absolute atomic E-state index is 0.0708. The van der Waals surface area contributed by atoms with E-state index in [1.807, 2.05) is 24.3 Å². The van der Waals surface area contributed by atoms with Crippen LogP contribution in [-0.2, 0) is 6.54 Å². The summed E-state index contributed by atoms with van der Waals surface area (Å²) in [6.07, 6.45) is 0.874. The van der Waals surface area contributed by atoms with E-state index in [1.54, 1.807) is 25.1 Å². The molecule has 0 aliphatic heterocycles. The van der Waals surface area contributed by atoms with Gasteiger partial charge in [0.1, 0.15) is 0 Å². The summed E-state index contributed by atoms with van der Waals surface area (Å²) in [6.45, 7) is 2.02. The van der Waals surface area contributed by atoms with E-state index in [4.69, 9.17) is 11.6 Å². The quantitative estimate of drug-likeness (QED) is 0.726. The number of hydrogen-bond donors (Lipinski definition) is 2. The molecule has 0 spiro atoms. The van der Waals surface area contributed by atoms with Crippen molar-refractivity contribution in [2.45, 2.75) is 31.8 Å². The van der Waals surface area contributed by atoms with Crippen molar-refractivity contribution in [1.29, 1.82) is 0 Å². The number of nitrogens with zero attached hydrogens (tertiary/aromatic N) is 1. The van der Waals surface area contributed by atoms with Crippen molar-refractivity contribution >= 4 is 28.4 Å². The second-order valence-corrected chi connectivity index (χ2v) is 7.15. The Kier molecular flexibility index (Phi) is 4.36. The van der Waals surface area contributed by atoms with Gasteiger partial charge in [-0.3, -0.25) is 14.2 Å². The topological polar surface area (TPSA) is 84.0 Å². The van der Waals surface area contributed by atoms with Crippen LogP contribution in [0.4, 0.5) is 0 Å². The maximum atomic E-state index is 12.6. The van der Waals surface area contributed by atoms with E-state index in [-0.39, 0.29) is 23.4 Å². The van der Waals surface area contributed by atoms with Gasteiger partial charge in [0.25, 0.3) is 11.5 Å².